The second-order valence-corrected chi connectivity index (χ2v) is 3.12. The van der Waals surface area contributed by atoms with E-state index < -0.39 is 9.28 Å². The van der Waals surface area contributed by atoms with Gasteiger partial charge in [0.05, 0.1) is 12.5 Å². The molecule has 0 saturated carbocycles. The van der Waals surface area contributed by atoms with Gasteiger partial charge in [-0.1, -0.05) is 12.2 Å². The molecular formula is C7H13O2Si. The molecule has 0 atom stereocenters. The van der Waals surface area contributed by atoms with Crippen molar-refractivity contribution in [3.05, 3.63) is 24.7 Å². The normalized spacial score (nSPS) is 11.6. The van der Waals surface area contributed by atoms with Crippen LogP contribution in [-0.2, 0) is 8.85 Å². The highest BCUT2D eigenvalue weighted by molar-refractivity contribution is 6.43. The SMILES string of the molecule is CC=CO[Si](C)OC=CC. The molecular weight excluding hydrogens is 144 g/mol. The average molecular weight is 157 g/mol. The van der Waals surface area contributed by atoms with Gasteiger partial charge in [0.1, 0.15) is 0 Å². The minimum absolute atomic E-state index is 1.09. The fourth-order valence-corrected chi connectivity index (χ4v) is 1.07. The van der Waals surface area contributed by atoms with E-state index in [2.05, 4.69) is 0 Å². The Morgan fingerprint density at radius 1 is 1.00 bits per heavy atom. The molecule has 0 spiro atoms. The largest absolute Gasteiger partial charge is 0.528 e. The summed E-state index contributed by atoms with van der Waals surface area (Å²) in [5.41, 5.74) is 0. The average Bonchev–Trinajstić information content (AvgIpc) is 1.97. The van der Waals surface area contributed by atoms with Crippen molar-refractivity contribution < 1.29 is 8.85 Å². The van der Waals surface area contributed by atoms with Crippen molar-refractivity contribution in [2.75, 3.05) is 0 Å². The minimum atomic E-state index is -1.09. The Labute approximate surface area is 64.0 Å². The molecule has 57 valence electrons. The van der Waals surface area contributed by atoms with E-state index in [-0.39, 0.29) is 0 Å². The smallest absolute Gasteiger partial charge is 0.517 e. The van der Waals surface area contributed by atoms with E-state index in [1.807, 2.05) is 32.5 Å². The van der Waals surface area contributed by atoms with Gasteiger partial charge in [-0.2, -0.15) is 0 Å². The van der Waals surface area contributed by atoms with E-state index in [1.54, 1.807) is 12.5 Å². The minimum Gasteiger partial charge on any atom is -0.517 e. The van der Waals surface area contributed by atoms with Crippen molar-refractivity contribution in [3.63, 3.8) is 0 Å². The summed E-state index contributed by atoms with van der Waals surface area (Å²) < 4.78 is 10.3. The molecule has 0 aromatic carbocycles. The highest BCUT2D eigenvalue weighted by Gasteiger charge is 2.04. The molecule has 2 nitrogen and oxygen atoms in total. The van der Waals surface area contributed by atoms with Gasteiger partial charge in [-0.3, -0.25) is 0 Å². The van der Waals surface area contributed by atoms with Gasteiger partial charge in [0, 0.05) is 6.55 Å². The third-order valence-corrected chi connectivity index (χ3v) is 1.68. The van der Waals surface area contributed by atoms with Crippen molar-refractivity contribution in [3.8, 4) is 0 Å². The maximum atomic E-state index is 5.14. The molecule has 0 aliphatic rings. The monoisotopic (exact) mass is 157 g/mol. The molecule has 0 rings (SSSR count). The topological polar surface area (TPSA) is 18.5 Å². The fourth-order valence-electron chi connectivity index (χ4n) is 0.355. The first-order valence-electron chi connectivity index (χ1n) is 3.20. The summed E-state index contributed by atoms with van der Waals surface area (Å²) >= 11 is 0. The molecule has 0 aromatic heterocycles. The van der Waals surface area contributed by atoms with Gasteiger partial charge in [0.15, 0.2) is 0 Å². The summed E-state index contributed by atoms with van der Waals surface area (Å²) in [7, 11) is -1.09. The Balaban J connectivity index is 3.33. The summed E-state index contributed by atoms with van der Waals surface area (Å²) in [6, 6.07) is 0. The molecule has 0 unspecified atom stereocenters. The van der Waals surface area contributed by atoms with Gasteiger partial charge in [-0.15, -0.1) is 0 Å². The predicted molar refractivity (Wildman–Crippen MR) is 43.4 cm³/mol. The van der Waals surface area contributed by atoms with E-state index in [0.29, 0.717) is 0 Å². The van der Waals surface area contributed by atoms with E-state index in [1.165, 1.54) is 0 Å². The van der Waals surface area contributed by atoms with Crippen LogP contribution in [0.25, 0.3) is 0 Å². The van der Waals surface area contributed by atoms with Gasteiger partial charge in [-0.05, 0) is 13.8 Å². The maximum absolute atomic E-state index is 5.14. The van der Waals surface area contributed by atoms with Crippen molar-refractivity contribution >= 4 is 9.28 Å². The number of rotatable bonds is 4. The highest BCUT2D eigenvalue weighted by atomic mass is 28.3. The summed E-state index contributed by atoms with van der Waals surface area (Å²) in [5, 5.41) is 0. The lowest BCUT2D eigenvalue weighted by molar-refractivity contribution is 0.349. The molecule has 1 radical (unpaired) electrons. The Kier molecular flexibility index (Phi) is 5.97. The lowest BCUT2D eigenvalue weighted by atomic mass is 10.8. The van der Waals surface area contributed by atoms with Crippen LogP contribution in [0.4, 0.5) is 0 Å². The number of allylic oxidation sites excluding steroid dienone is 2. The number of hydrogen-bond acceptors (Lipinski definition) is 2. The van der Waals surface area contributed by atoms with Crippen molar-refractivity contribution in [2.24, 2.45) is 0 Å². The molecule has 0 fully saturated rings. The molecule has 0 amide bonds. The van der Waals surface area contributed by atoms with Gasteiger partial charge in [0.2, 0.25) is 0 Å². The lowest BCUT2D eigenvalue weighted by Crippen LogP contribution is -2.11. The summed E-state index contributed by atoms with van der Waals surface area (Å²) in [5.74, 6) is 0. The van der Waals surface area contributed by atoms with Gasteiger partial charge >= 0.3 is 9.28 Å². The molecule has 0 aromatic rings. The first kappa shape index (κ1) is 9.30. The predicted octanol–water partition coefficient (Wildman–Crippen LogP) is 2.20. The van der Waals surface area contributed by atoms with Crippen LogP contribution in [0.2, 0.25) is 6.55 Å². The summed E-state index contributed by atoms with van der Waals surface area (Å²) in [6.45, 7) is 5.75. The van der Waals surface area contributed by atoms with Gasteiger partial charge in [0.25, 0.3) is 0 Å². The van der Waals surface area contributed by atoms with Crippen LogP contribution >= 0.6 is 0 Å². The summed E-state index contributed by atoms with van der Waals surface area (Å²) in [4.78, 5) is 0. The van der Waals surface area contributed by atoms with Crippen LogP contribution in [0.15, 0.2) is 24.7 Å². The Morgan fingerprint density at radius 2 is 1.40 bits per heavy atom. The summed E-state index contributed by atoms with van der Waals surface area (Å²) in [6.07, 6.45) is 6.98. The van der Waals surface area contributed by atoms with E-state index in [9.17, 15) is 0 Å². The van der Waals surface area contributed by atoms with Crippen LogP contribution in [0.5, 0.6) is 0 Å². The first-order valence-corrected chi connectivity index (χ1v) is 5.02. The molecule has 0 aliphatic carbocycles. The molecule has 3 heteroatoms. The third kappa shape index (κ3) is 5.43. The lowest BCUT2D eigenvalue weighted by Gasteiger charge is -2.04. The fraction of sp³-hybridized carbons (Fsp3) is 0.429. The Hall–Kier alpha value is -0.703. The van der Waals surface area contributed by atoms with Crippen molar-refractivity contribution in [2.45, 2.75) is 20.4 Å². The van der Waals surface area contributed by atoms with Crippen LogP contribution in [0.3, 0.4) is 0 Å². The standard InChI is InChI=1S/C7H13O2Si/c1-4-6-8-10(3)9-7-5-2/h4-7H,1-3H3. The van der Waals surface area contributed by atoms with Gasteiger partial charge in [-0.25, -0.2) is 0 Å². The zero-order valence-corrected chi connectivity index (χ0v) is 7.63. The Bertz CT molecular complexity index is 107. The van der Waals surface area contributed by atoms with E-state index in [4.69, 9.17) is 8.85 Å². The highest BCUT2D eigenvalue weighted by Crippen LogP contribution is 1.90. The zero-order valence-electron chi connectivity index (χ0n) is 6.63. The molecule has 0 bridgehead atoms. The quantitative estimate of drug-likeness (QED) is 0.460. The van der Waals surface area contributed by atoms with Crippen LogP contribution in [0.1, 0.15) is 13.8 Å². The number of hydrogen-bond donors (Lipinski definition) is 0. The van der Waals surface area contributed by atoms with E-state index >= 15 is 0 Å². The third-order valence-electron chi connectivity index (χ3n) is 0.740. The second kappa shape index (κ2) is 6.42. The Morgan fingerprint density at radius 3 is 1.70 bits per heavy atom. The molecule has 0 heterocycles. The molecule has 0 N–H and O–H groups in total. The first-order chi connectivity index (χ1) is 4.81. The van der Waals surface area contributed by atoms with Crippen molar-refractivity contribution in [1.29, 1.82) is 0 Å². The second-order valence-electron chi connectivity index (χ2n) is 1.67. The van der Waals surface area contributed by atoms with E-state index in [0.717, 1.165) is 0 Å². The molecule has 0 aliphatic heterocycles. The molecule has 0 saturated heterocycles. The molecule has 10 heavy (non-hydrogen) atoms. The van der Waals surface area contributed by atoms with Crippen LogP contribution in [0, 0.1) is 0 Å². The zero-order chi connectivity index (χ0) is 7.82. The van der Waals surface area contributed by atoms with Crippen LogP contribution < -0.4 is 0 Å². The van der Waals surface area contributed by atoms with Gasteiger partial charge < -0.3 is 8.85 Å². The van der Waals surface area contributed by atoms with Crippen LogP contribution in [-0.4, -0.2) is 9.28 Å². The van der Waals surface area contributed by atoms with Crippen molar-refractivity contribution in [1.82, 2.24) is 0 Å². The maximum Gasteiger partial charge on any atom is 0.528 e.